The Morgan fingerprint density at radius 1 is 0.619 bits per heavy atom. The summed E-state index contributed by atoms with van der Waals surface area (Å²) in [5, 5.41) is 10.1. The molecule has 0 aliphatic rings. The van der Waals surface area contributed by atoms with Crippen molar-refractivity contribution in [3.05, 3.63) is 108 Å². The average Bonchev–Trinajstić information content (AvgIpc) is 3.02. The van der Waals surface area contributed by atoms with Gasteiger partial charge < -0.3 is 16.4 Å². The molecule has 2 aromatic heterocycles. The van der Waals surface area contributed by atoms with Crippen LogP contribution in [0.3, 0.4) is 0 Å². The number of para-hydroxylation sites is 4. The second-order valence-electron chi connectivity index (χ2n) is 10.7. The highest BCUT2D eigenvalue weighted by molar-refractivity contribution is 6.09. The highest BCUT2D eigenvalue weighted by Gasteiger charge is 2.28. The van der Waals surface area contributed by atoms with Gasteiger partial charge in [-0.15, -0.1) is 0 Å². The van der Waals surface area contributed by atoms with Crippen LogP contribution >= 0.6 is 0 Å². The van der Waals surface area contributed by atoms with Gasteiger partial charge in [-0.25, -0.2) is 9.97 Å². The normalized spacial score (nSPS) is 13.7. The monoisotopic (exact) mass is 555 g/mol. The van der Waals surface area contributed by atoms with Gasteiger partial charge in [0.15, 0.2) is 0 Å². The third-order valence-electron chi connectivity index (χ3n) is 8.03. The Bertz CT molecular complexity index is 1810. The summed E-state index contributed by atoms with van der Waals surface area (Å²) in [4.78, 5) is 36.7. The van der Waals surface area contributed by atoms with Crippen LogP contribution in [0.1, 0.15) is 47.4 Å². The van der Waals surface area contributed by atoms with Crippen molar-refractivity contribution in [1.29, 1.82) is 0 Å². The Balaban J connectivity index is 1.23. The van der Waals surface area contributed by atoms with Gasteiger partial charge in [-0.3, -0.25) is 9.59 Å². The summed E-state index contributed by atoms with van der Waals surface area (Å²) in [5.74, 6) is -0.478. The number of rotatable bonds is 8. The molecular formula is C35H33N5O2. The highest BCUT2D eigenvalue weighted by Crippen LogP contribution is 2.24. The number of hydrogen-bond acceptors (Lipinski definition) is 5. The number of benzene rings is 4. The first-order valence-electron chi connectivity index (χ1n) is 14.4. The molecule has 210 valence electrons. The second kappa shape index (κ2) is 11.5. The predicted molar refractivity (Wildman–Crippen MR) is 170 cm³/mol. The molecule has 42 heavy (non-hydrogen) atoms. The van der Waals surface area contributed by atoms with Gasteiger partial charge in [0.25, 0.3) is 11.8 Å². The first-order valence-corrected chi connectivity index (χ1v) is 14.4. The Hall–Kier alpha value is -4.88. The van der Waals surface area contributed by atoms with Crippen LogP contribution in [0, 0.1) is 0 Å². The molecule has 4 N–H and O–H groups in total. The first kappa shape index (κ1) is 27.3. The van der Waals surface area contributed by atoms with E-state index in [1.165, 1.54) is 0 Å². The van der Waals surface area contributed by atoms with Gasteiger partial charge in [0.05, 0.1) is 33.2 Å². The predicted octanol–water partition coefficient (Wildman–Crippen LogP) is 6.13. The van der Waals surface area contributed by atoms with E-state index in [0.717, 1.165) is 32.6 Å². The van der Waals surface area contributed by atoms with Crippen molar-refractivity contribution in [3.8, 4) is 0 Å². The number of hydrogen-bond donors (Lipinski definition) is 3. The first-order chi connectivity index (χ1) is 20.5. The molecule has 2 amide bonds. The van der Waals surface area contributed by atoms with Gasteiger partial charge >= 0.3 is 0 Å². The zero-order chi connectivity index (χ0) is 29.2. The molecule has 4 aromatic carbocycles. The zero-order valence-corrected chi connectivity index (χ0v) is 23.7. The van der Waals surface area contributed by atoms with E-state index in [2.05, 4.69) is 10.6 Å². The van der Waals surface area contributed by atoms with E-state index in [1.54, 1.807) is 12.1 Å². The van der Waals surface area contributed by atoms with E-state index >= 15 is 0 Å². The molecule has 7 nitrogen and oxygen atoms in total. The number of nitrogens with two attached hydrogens (primary N) is 1. The number of nitrogens with zero attached hydrogens (tertiary/aromatic N) is 2. The van der Waals surface area contributed by atoms with Gasteiger partial charge in [0.2, 0.25) is 0 Å². The maximum Gasteiger partial charge on any atom is 0.253 e. The lowest BCUT2D eigenvalue weighted by atomic mass is 9.95. The van der Waals surface area contributed by atoms with Crippen LogP contribution < -0.4 is 16.4 Å². The maximum absolute atomic E-state index is 13.6. The highest BCUT2D eigenvalue weighted by atomic mass is 16.2. The van der Waals surface area contributed by atoms with Crippen LogP contribution in [0.25, 0.3) is 43.6 Å². The van der Waals surface area contributed by atoms with Gasteiger partial charge in [-0.05, 0) is 49.2 Å². The van der Waals surface area contributed by atoms with Gasteiger partial charge in [0.1, 0.15) is 0 Å². The number of carbonyl (C=O) groups is 2. The number of nitrogens with one attached hydrogen (secondary N) is 2. The van der Waals surface area contributed by atoms with E-state index < -0.39 is 6.04 Å². The Morgan fingerprint density at radius 2 is 1.02 bits per heavy atom. The molecular weight excluding hydrogens is 522 g/mol. The van der Waals surface area contributed by atoms with Crippen molar-refractivity contribution < 1.29 is 9.59 Å². The van der Waals surface area contributed by atoms with Gasteiger partial charge in [-0.1, -0.05) is 74.5 Å². The lowest BCUT2D eigenvalue weighted by Gasteiger charge is -2.31. The average molecular weight is 556 g/mol. The Morgan fingerprint density at radius 3 is 1.45 bits per heavy atom. The summed E-state index contributed by atoms with van der Waals surface area (Å²) in [6.07, 6.45) is 1.20. The Kier molecular flexibility index (Phi) is 7.50. The van der Waals surface area contributed by atoms with Crippen LogP contribution in [-0.4, -0.2) is 39.9 Å². The maximum atomic E-state index is 13.6. The van der Waals surface area contributed by atoms with Crippen LogP contribution in [0.15, 0.2) is 97.1 Å². The summed E-state index contributed by atoms with van der Waals surface area (Å²) in [7, 11) is 0. The van der Waals surface area contributed by atoms with Crippen molar-refractivity contribution >= 4 is 55.4 Å². The fourth-order valence-electron chi connectivity index (χ4n) is 5.68. The fraction of sp³-hybridized carbons (Fsp3) is 0.200. The largest absolute Gasteiger partial charge is 0.348 e. The van der Waals surface area contributed by atoms with Gasteiger partial charge in [0, 0.05) is 39.7 Å². The summed E-state index contributed by atoms with van der Waals surface area (Å²) in [5.41, 5.74) is 10.7. The topological polar surface area (TPSA) is 110 Å². The quantitative estimate of drug-likeness (QED) is 0.196. The summed E-state index contributed by atoms with van der Waals surface area (Å²) < 4.78 is 0. The summed E-state index contributed by atoms with van der Waals surface area (Å²) >= 11 is 0. The molecule has 0 bridgehead atoms. The number of amides is 2. The van der Waals surface area contributed by atoms with Crippen LogP contribution in [-0.2, 0) is 0 Å². The second-order valence-corrected chi connectivity index (χ2v) is 10.7. The third-order valence-corrected chi connectivity index (χ3v) is 8.03. The zero-order valence-electron chi connectivity index (χ0n) is 23.7. The number of aromatic nitrogens is 2. The fourth-order valence-corrected chi connectivity index (χ4v) is 5.68. The minimum atomic E-state index is -0.513. The number of carbonyl (C=O) groups excluding carboxylic acids is 2. The molecule has 0 radical (unpaired) electrons. The summed E-state index contributed by atoms with van der Waals surface area (Å²) in [6.45, 7) is 3.96. The molecule has 0 saturated carbocycles. The van der Waals surface area contributed by atoms with Crippen molar-refractivity contribution in [3.63, 3.8) is 0 Å². The van der Waals surface area contributed by atoms with Crippen LogP contribution in [0.2, 0.25) is 0 Å². The SMILES string of the molecule is CCC(NC(=O)c1cccc2cc3ccccc3nc12)C(N)C(CC)NC(=O)c1cccc2cc3ccccc3nc12. The molecule has 2 heterocycles. The minimum absolute atomic E-state index is 0.239. The summed E-state index contributed by atoms with van der Waals surface area (Å²) in [6, 6.07) is 29.8. The molecule has 0 spiro atoms. The van der Waals surface area contributed by atoms with Crippen molar-refractivity contribution in [1.82, 2.24) is 20.6 Å². The van der Waals surface area contributed by atoms with Crippen molar-refractivity contribution in [2.75, 3.05) is 0 Å². The molecule has 0 aliphatic carbocycles. The molecule has 6 rings (SSSR count). The third kappa shape index (κ3) is 5.15. The van der Waals surface area contributed by atoms with E-state index in [-0.39, 0.29) is 23.9 Å². The molecule has 6 aromatic rings. The molecule has 0 fully saturated rings. The van der Waals surface area contributed by atoms with Crippen molar-refractivity contribution in [2.45, 2.75) is 44.8 Å². The lowest BCUT2D eigenvalue weighted by molar-refractivity contribution is 0.0909. The molecule has 2 atom stereocenters. The van der Waals surface area contributed by atoms with Crippen LogP contribution in [0.5, 0.6) is 0 Å². The minimum Gasteiger partial charge on any atom is -0.348 e. The standard InChI is InChI=1S/C35H33N5O2/c1-3-27(39-34(41)25-15-9-13-23-19-21-11-5-7-17-29(21)37-32(23)25)31(36)28(4-2)40-35(42)26-16-10-14-24-20-22-12-6-8-18-30(22)38-33(24)26/h5-20,27-28,31H,3-4,36H2,1-2H3,(H,39,41)(H,40,42). The molecule has 2 unspecified atom stereocenters. The van der Waals surface area contributed by atoms with Crippen molar-refractivity contribution in [2.24, 2.45) is 5.73 Å². The number of fused-ring (bicyclic) bond motifs is 4. The van der Waals surface area contributed by atoms with E-state index in [4.69, 9.17) is 15.7 Å². The Labute approximate surface area is 244 Å². The molecule has 0 aliphatic heterocycles. The van der Waals surface area contributed by atoms with Gasteiger partial charge in [-0.2, -0.15) is 0 Å². The molecule has 7 heteroatoms. The molecule has 0 saturated heterocycles. The number of pyridine rings is 2. The smallest absolute Gasteiger partial charge is 0.253 e. The van der Waals surface area contributed by atoms with E-state index in [0.29, 0.717) is 35.0 Å². The van der Waals surface area contributed by atoms with E-state index in [9.17, 15) is 9.59 Å². The lowest BCUT2D eigenvalue weighted by Crippen LogP contribution is -2.58. The van der Waals surface area contributed by atoms with Crippen LogP contribution in [0.4, 0.5) is 0 Å². The van der Waals surface area contributed by atoms with E-state index in [1.807, 2.05) is 98.8 Å².